The standard InChI is InChI=1S/C15H18F3NO2/c1-2-21-14(20)11-6-5-9-19(10-11)13-8-4-3-7-12(13)15(16,17)18/h3-4,7-8,11H,2,5-6,9-10H2,1H3. The highest BCUT2D eigenvalue weighted by Crippen LogP contribution is 2.37. The van der Waals surface area contributed by atoms with Gasteiger partial charge in [-0.15, -0.1) is 0 Å². The summed E-state index contributed by atoms with van der Waals surface area (Å²) >= 11 is 0. The highest BCUT2D eigenvalue weighted by molar-refractivity contribution is 5.74. The largest absolute Gasteiger partial charge is 0.466 e. The number of esters is 1. The van der Waals surface area contributed by atoms with E-state index in [4.69, 9.17) is 4.74 Å². The van der Waals surface area contributed by atoms with Gasteiger partial charge in [0.1, 0.15) is 0 Å². The molecule has 3 nitrogen and oxygen atoms in total. The Morgan fingerprint density at radius 1 is 1.38 bits per heavy atom. The van der Waals surface area contributed by atoms with E-state index in [9.17, 15) is 18.0 Å². The number of rotatable bonds is 3. The van der Waals surface area contributed by atoms with Crippen molar-refractivity contribution in [2.24, 2.45) is 5.92 Å². The summed E-state index contributed by atoms with van der Waals surface area (Å²) in [5, 5.41) is 0. The Labute approximate surface area is 121 Å². The third-order valence-corrected chi connectivity index (χ3v) is 3.59. The van der Waals surface area contributed by atoms with Crippen LogP contribution < -0.4 is 4.90 Å². The van der Waals surface area contributed by atoms with E-state index in [2.05, 4.69) is 0 Å². The number of piperidine rings is 1. The topological polar surface area (TPSA) is 29.5 Å². The molecule has 1 heterocycles. The molecule has 1 aromatic rings. The molecule has 1 unspecified atom stereocenters. The molecule has 0 bridgehead atoms. The maximum Gasteiger partial charge on any atom is 0.418 e. The quantitative estimate of drug-likeness (QED) is 0.801. The number of hydrogen-bond donors (Lipinski definition) is 0. The average molecular weight is 301 g/mol. The molecule has 1 aliphatic heterocycles. The first kappa shape index (κ1) is 15.7. The Hall–Kier alpha value is -1.72. The van der Waals surface area contributed by atoms with E-state index in [1.54, 1.807) is 17.9 Å². The fourth-order valence-corrected chi connectivity index (χ4v) is 2.64. The summed E-state index contributed by atoms with van der Waals surface area (Å²) in [4.78, 5) is 13.4. The minimum Gasteiger partial charge on any atom is -0.466 e. The fourth-order valence-electron chi connectivity index (χ4n) is 2.64. The minimum absolute atomic E-state index is 0.138. The number of benzene rings is 1. The lowest BCUT2D eigenvalue weighted by Gasteiger charge is -2.34. The molecule has 0 saturated carbocycles. The van der Waals surface area contributed by atoms with Gasteiger partial charge >= 0.3 is 12.1 Å². The molecule has 0 radical (unpaired) electrons. The third kappa shape index (κ3) is 3.68. The van der Waals surface area contributed by atoms with E-state index >= 15 is 0 Å². The fraction of sp³-hybridized carbons (Fsp3) is 0.533. The summed E-state index contributed by atoms with van der Waals surface area (Å²) in [6.07, 6.45) is -3.06. The number of nitrogens with zero attached hydrogens (tertiary/aromatic N) is 1. The van der Waals surface area contributed by atoms with Gasteiger partial charge in [-0.3, -0.25) is 4.79 Å². The van der Waals surface area contributed by atoms with Crippen molar-refractivity contribution in [1.82, 2.24) is 0 Å². The molecule has 0 amide bonds. The maximum absolute atomic E-state index is 13.1. The molecular formula is C15H18F3NO2. The summed E-state index contributed by atoms with van der Waals surface area (Å²) in [6, 6.07) is 5.48. The molecule has 0 spiro atoms. The van der Waals surface area contributed by atoms with E-state index in [1.165, 1.54) is 12.1 Å². The number of hydrogen-bond acceptors (Lipinski definition) is 3. The van der Waals surface area contributed by atoms with Gasteiger partial charge in [-0.05, 0) is 31.9 Å². The first-order valence-corrected chi connectivity index (χ1v) is 7.01. The van der Waals surface area contributed by atoms with Gasteiger partial charge in [0.2, 0.25) is 0 Å². The minimum atomic E-state index is -4.40. The molecule has 2 rings (SSSR count). The summed E-state index contributed by atoms with van der Waals surface area (Å²) in [6.45, 7) is 2.79. The van der Waals surface area contributed by atoms with Gasteiger partial charge < -0.3 is 9.64 Å². The molecule has 1 saturated heterocycles. The van der Waals surface area contributed by atoms with Crippen molar-refractivity contribution in [1.29, 1.82) is 0 Å². The number of halogens is 3. The molecule has 0 aromatic heterocycles. The van der Waals surface area contributed by atoms with E-state index in [1.807, 2.05) is 0 Å². The van der Waals surface area contributed by atoms with E-state index in [0.717, 1.165) is 6.07 Å². The lowest BCUT2D eigenvalue weighted by Crippen LogP contribution is -2.40. The Balaban J connectivity index is 2.20. The van der Waals surface area contributed by atoms with Crippen molar-refractivity contribution in [3.05, 3.63) is 29.8 Å². The zero-order chi connectivity index (χ0) is 15.5. The number of anilines is 1. The smallest absolute Gasteiger partial charge is 0.418 e. The Kier molecular flexibility index (Phi) is 4.75. The Morgan fingerprint density at radius 3 is 2.76 bits per heavy atom. The van der Waals surface area contributed by atoms with E-state index in [-0.39, 0.29) is 30.7 Å². The number of carbonyl (C=O) groups is 1. The first-order chi connectivity index (χ1) is 9.93. The van der Waals surface area contributed by atoms with Crippen molar-refractivity contribution >= 4 is 11.7 Å². The van der Waals surface area contributed by atoms with Crippen molar-refractivity contribution in [2.45, 2.75) is 25.9 Å². The van der Waals surface area contributed by atoms with Crippen molar-refractivity contribution in [3.8, 4) is 0 Å². The second kappa shape index (κ2) is 6.37. The van der Waals surface area contributed by atoms with Gasteiger partial charge in [0.05, 0.1) is 18.1 Å². The number of para-hydroxylation sites is 1. The summed E-state index contributed by atoms with van der Waals surface area (Å²) in [5.41, 5.74) is -0.520. The van der Waals surface area contributed by atoms with Crippen molar-refractivity contribution < 1.29 is 22.7 Å². The van der Waals surface area contributed by atoms with Crippen LogP contribution >= 0.6 is 0 Å². The van der Waals surface area contributed by atoms with Crippen molar-refractivity contribution in [2.75, 3.05) is 24.6 Å². The highest BCUT2D eigenvalue weighted by Gasteiger charge is 2.36. The van der Waals surface area contributed by atoms with Crippen LogP contribution in [0.2, 0.25) is 0 Å². The lowest BCUT2D eigenvalue weighted by molar-refractivity contribution is -0.148. The van der Waals surface area contributed by atoms with Crippen LogP contribution in [0.5, 0.6) is 0 Å². The van der Waals surface area contributed by atoms with Gasteiger partial charge in [-0.25, -0.2) is 0 Å². The van der Waals surface area contributed by atoms with E-state index < -0.39 is 11.7 Å². The van der Waals surface area contributed by atoms with Gasteiger partial charge in [-0.1, -0.05) is 12.1 Å². The van der Waals surface area contributed by atoms with Crippen LogP contribution in [-0.2, 0) is 15.7 Å². The first-order valence-electron chi connectivity index (χ1n) is 7.01. The normalized spacial score (nSPS) is 19.4. The summed E-state index contributed by atoms with van der Waals surface area (Å²) < 4.78 is 44.2. The van der Waals surface area contributed by atoms with Crippen LogP contribution in [0.25, 0.3) is 0 Å². The molecule has 21 heavy (non-hydrogen) atoms. The second-order valence-corrected chi connectivity index (χ2v) is 5.05. The van der Waals surface area contributed by atoms with Crippen LogP contribution in [0.15, 0.2) is 24.3 Å². The third-order valence-electron chi connectivity index (χ3n) is 3.59. The lowest BCUT2D eigenvalue weighted by atomic mass is 9.97. The summed E-state index contributed by atoms with van der Waals surface area (Å²) in [7, 11) is 0. The predicted octanol–water partition coefficient (Wildman–Crippen LogP) is 3.48. The zero-order valence-corrected chi connectivity index (χ0v) is 11.8. The summed E-state index contributed by atoms with van der Waals surface area (Å²) in [5.74, 6) is -0.688. The van der Waals surface area contributed by atoms with Crippen LogP contribution in [-0.4, -0.2) is 25.7 Å². The number of alkyl halides is 3. The highest BCUT2D eigenvalue weighted by atomic mass is 19.4. The molecule has 0 N–H and O–H groups in total. The predicted molar refractivity (Wildman–Crippen MR) is 73.0 cm³/mol. The SMILES string of the molecule is CCOC(=O)C1CCCN(c2ccccc2C(F)(F)F)C1. The van der Waals surface area contributed by atoms with Gasteiger partial charge in [0.15, 0.2) is 0 Å². The van der Waals surface area contributed by atoms with Crippen LogP contribution in [0, 0.1) is 5.92 Å². The molecule has 116 valence electrons. The monoisotopic (exact) mass is 301 g/mol. The van der Waals surface area contributed by atoms with E-state index in [0.29, 0.717) is 19.4 Å². The number of carbonyl (C=O) groups excluding carboxylic acids is 1. The molecule has 1 atom stereocenters. The maximum atomic E-state index is 13.1. The Morgan fingerprint density at radius 2 is 2.10 bits per heavy atom. The van der Waals surface area contributed by atoms with Crippen LogP contribution in [0.3, 0.4) is 0 Å². The Bertz CT molecular complexity index is 502. The van der Waals surface area contributed by atoms with Crippen molar-refractivity contribution in [3.63, 3.8) is 0 Å². The molecular weight excluding hydrogens is 283 g/mol. The van der Waals surface area contributed by atoms with Crippen LogP contribution in [0.4, 0.5) is 18.9 Å². The zero-order valence-electron chi connectivity index (χ0n) is 11.8. The molecule has 1 aromatic carbocycles. The van der Waals surface area contributed by atoms with Gasteiger partial charge in [0, 0.05) is 18.8 Å². The molecule has 0 aliphatic carbocycles. The molecule has 1 fully saturated rings. The second-order valence-electron chi connectivity index (χ2n) is 5.05. The van der Waals surface area contributed by atoms with Crippen LogP contribution in [0.1, 0.15) is 25.3 Å². The average Bonchev–Trinajstić information content (AvgIpc) is 2.47. The van der Waals surface area contributed by atoms with Gasteiger partial charge in [-0.2, -0.15) is 13.2 Å². The molecule has 6 heteroatoms. The van der Waals surface area contributed by atoms with Gasteiger partial charge in [0.25, 0.3) is 0 Å². The molecule has 1 aliphatic rings. The number of ether oxygens (including phenoxy) is 1.